The maximum Gasteiger partial charge on any atom is 0.250 e. The Morgan fingerprint density at radius 3 is 2.47 bits per heavy atom. The lowest BCUT2D eigenvalue weighted by atomic mass is 10.2. The van der Waals surface area contributed by atoms with E-state index < -0.39 is 0 Å². The van der Waals surface area contributed by atoms with Crippen LogP contribution >= 0.6 is 27.7 Å². The largest absolute Gasteiger partial charge is 0.503 e. The number of amides is 1. The molecule has 0 saturated heterocycles. The fraction of sp³-hybridized carbons (Fsp3) is 0.154. The number of benzene rings is 3. The van der Waals surface area contributed by atoms with Crippen molar-refractivity contribution < 1.29 is 24.1 Å². The van der Waals surface area contributed by atoms with Crippen LogP contribution in [0, 0.1) is 0 Å². The SMILES string of the molecule is COc1ccc(-c2nnc(SCC(=O)NN=Cc3cc(Br)c(O)c(OC)c3)n2-c2ccccc2)cc1OC. The quantitative estimate of drug-likeness (QED) is 0.154. The highest BCUT2D eigenvalue weighted by Gasteiger charge is 2.19. The minimum absolute atomic E-state index is 0.0138. The van der Waals surface area contributed by atoms with Gasteiger partial charge in [0.2, 0.25) is 0 Å². The second-order valence-corrected chi connectivity index (χ2v) is 9.48. The lowest BCUT2D eigenvalue weighted by Gasteiger charge is -2.12. The van der Waals surface area contributed by atoms with Gasteiger partial charge in [0.15, 0.2) is 34.0 Å². The van der Waals surface area contributed by atoms with Gasteiger partial charge in [-0.05, 0) is 64.0 Å². The summed E-state index contributed by atoms with van der Waals surface area (Å²) >= 11 is 4.49. The van der Waals surface area contributed by atoms with E-state index in [0.717, 1.165) is 11.3 Å². The number of nitrogens with one attached hydrogen (secondary N) is 1. The molecule has 1 amide bonds. The zero-order chi connectivity index (χ0) is 27.1. The molecule has 0 aliphatic heterocycles. The van der Waals surface area contributed by atoms with Crippen molar-refractivity contribution in [3.05, 3.63) is 70.7 Å². The van der Waals surface area contributed by atoms with E-state index >= 15 is 0 Å². The molecule has 4 rings (SSSR count). The van der Waals surface area contributed by atoms with Crippen LogP contribution in [-0.2, 0) is 4.79 Å². The highest BCUT2D eigenvalue weighted by atomic mass is 79.9. The van der Waals surface area contributed by atoms with Crippen LogP contribution in [0.3, 0.4) is 0 Å². The Labute approximate surface area is 231 Å². The number of phenols is 1. The van der Waals surface area contributed by atoms with Crippen molar-refractivity contribution >= 4 is 39.8 Å². The first-order valence-corrected chi connectivity index (χ1v) is 13.0. The Kier molecular flexibility index (Phi) is 8.87. The number of rotatable bonds is 10. The third-order valence-corrected chi connectivity index (χ3v) is 6.83. The molecule has 1 heterocycles. The molecule has 196 valence electrons. The van der Waals surface area contributed by atoms with Gasteiger partial charge >= 0.3 is 0 Å². The average Bonchev–Trinajstić information content (AvgIpc) is 3.37. The fourth-order valence-corrected chi connectivity index (χ4v) is 4.70. The molecule has 0 radical (unpaired) electrons. The maximum absolute atomic E-state index is 12.5. The van der Waals surface area contributed by atoms with Crippen LogP contribution in [0.15, 0.2) is 75.4 Å². The maximum atomic E-state index is 12.5. The topological polar surface area (TPSA) is 120 Å². The van der Waals surface area contributed by atoms with E-state index in [0.29, 0.717) is 32.5 Å². The first-order chi connectivity index (χ1) is 18.4. The monoisotopic (exact) mass is 597 g/mol. The van der Waals surface area contributed by atoms with Crippen molar-refractivity contribution in [3.63, 3.8) is 0 Å². The van der Waals surface area contributed by atoms with Crippen molar-refractivity contribution in [1.82, 2.24) is 20.2 Å². The number of para-hydroxylation sites is 1. The van der Waals surface area contributed by atoms with Gasteiger partial charge in [-0.1, -0.05) is 30.0 Å². The number of nitrogens with zero attached hydrogens (tertiary/aromatic N) is 4. The molecule has 0 unspecified atom stereocenters. The number of halogens is 1. The first-order valence-electron chi connectivity index (χ1n) is 11.2. The van der Waals surface area contributed by atoms with E-state index in [1.54, 1.807) is 32.4 Å². The zero-order valence-corrected chi connectivity index (χ0v) is 23.1. The fourth-order valence-electron chi connectivity index (χ4n) is 3.50. The number of aromatic nitrogens is 3. The number of phenolic OH excluding ortho intramolecular Hbond substituents is 1. The van der Waals surface area contributed by atoms with Crippen LogP contribution in [0.1, 0.15) is 5.56 Å². The van der Waals surface area contributed by atoms with Gasteiger partial charge in [-0.15, -0.1) is 10.2 Å². The number of hydrogen-bond donors (Lipinski definition) is 2. The number of hydrogen-bond acceptors (Lipinski definition) is 9. The molecule has 38 heavy (non-hydrogen) atoms. The molecule has 0 bridgehead atoms. The molecular weight excluding hydrogens is 574 g/mol. The van der Waals surface area contributed by atoms with E-state index in [-0.39, 0.29) is 23.2 Å². The second-order valence-electron chi connectivity index (χ2n) is 7.68. The highest BCUT2D eigenvalue weighted by Crippen LogP contribution is 2.35. The molecule has 0 saturated carbocycles. The van der Waals surface area contributed by atoms with Gasteiger partial charge < -0.3 is 19.3 Å². The Morgan fingerprint density at radius 1 is 1.03 bits per heavy atom. The summed E-state index contributed by atoms with van der Waals surface area (Å²) in [4.78, 5) is 12.5. The van der Waals surface area contributed by atoms with Crippen molar-refractivity contribution in [1.29, 1.82) is 0 Å². The van der Waals surface area contributed by atoms with Gasteiger partial charge in [0, 0.05) is 11.3 Å². The van der Waals surface area contributed by atoms with E-state index in [1.807, 2.05) is 47.0 Å². The lowest BCUT2D eigenvalue weighted by Crippen LogP contribution is -2.20. The minimum atomic E-state index is -0.327. The molecule has 0 fully saturated rings. The molecular formula is C26H24BrN5O5S. The molecule has 10 nitrogen and oxygen atoms in total. The molecule has 0 spiro atoms. The van der Waals surface area contributed by atoms with Gasteiger partial charge in [-0.25, -0.2) is 5.43 Å². The molecule has 1 aromatic heterocycles. The van der Waals surface area contributed by atoms with Crippen LogP contribution in [0.5, 0.6) is 23.0 Å². The van der Waals surface area contributed by atoms with Crippen LogP contribution in [0.25, 0.3) is 17.1 Å². The number of methoxy groups -OCH3 is 3. The van der Waals surface area contributed by atoms with E-state index in [9.17, 15) is 9.90 Å². The van der Waals surface area contributed by atoms with Gasteiger partial charge in [-0.3, -0.25) is 9.36 Å². The van der Waals surface area contributed by atoms with Crippen LogP contribution in [0.4, 0.5) is 0 Å². The lowest BCUT2D eigenvalue weighted by molar-refractivity contribution is -0.118. The minimum Gasteiger partial charge on any atom is -0.503 e. The predicted octanol–water partition coefficient (Wildman–Crippen LogP) is 4.67. The van der Waals surface area contributed by atoms with Crippen LogP contribution in [-0.4, -0.2) is 59.1 Å². The summed E-state index contributed by atoms with van der Waals surface area (Å²) < 4.78 is 18.3. The van der Waals surface area contributed by atoms with Crippen molar-refractivity contribution in [2.45, 2.75) is 5.16 Å². The van der Waals surface area contributed by atoms with Crippen molar-refractivity contribution in [3.8, 4) is 40.1 Å². The highest BCUT2D eigenvalue weighted by molar-refractivity contribution is 9.10. The van der Waals surface area contributed by atoms with E-state index in [2.05, 4.69) is 36.7 Å². The summed E-state index contributed by atoms with van der Waals surface area (Å²) in [6.07, 6.45) is 1.46. The summed E-state index contributed by atoms with van der Waals surface area (Å²) in [5, 5.41) is 23.2. The van der Waals surface area contributed by atoms with Crippen LogP contribution in [0.2, 0.25) is 0 Å². The van der Waals surface area contributed by atoms with Crippen molar-refractivity contribution in [2.24, 2.45) is 5.10 Å². The number of aromatic hydroxyl groups is 1. The normalized spacial score (nSPS) is 10.9. The van der Waals surface area contributed by atoms with Crippen molar-refractivity contribution in [2.75, 3.05) is 27.1 Å². The van der Waals surface area contributed by atoms with Crippen LogP contribution < -0.4 is 19.6 Å². The Balaban J connectivity index is 1.52. The summed E-state index contributed by atoms with van der Waals surface area (Å²) in [6.45, 7) is 0. The zero-order valence-electron chi connectivity index (χ0n) is 20.7. The summed E-state index contributed by atoms with van der Waals surface area (Å²) in [7, 11) is 4.60. The third kappa shape index (κ3) is 6.09. The smallest absolute Gasteiger partial charge is 0.250 e. The Morgan fingerprint density at radius 2 is 1.76 bits per heavy atom. The summed E-state index contributed by atoms with van der Waals surface area (Å²) in [6, 6.07) is 18.4. The number of carbonyl (C=O) groups is 1. The Hall–Kier alpha value is -4.03. The standard InChI is InChI=1S/C26H24BrN5O5S/c1-35-20-10-9-17(13-21(20)36-2)25-30-31-26(32(25)18-7-5-4-6-8-18)38-15-23(33)29-28-14-16-11-19(27)24(34)22(12-16)37-3/h4-14,34H,15H2,1-3H3,(H,29,33). The summed E-state index contributed by atoms with van der Waals surface area (Å²) in [5.74, 6) is 1.76. The Bertz CT molecular complexity index is 1460. The molecule has 0 aliphatic rings. The molecule has 2 N–H and O–H groups in total. The number of hydrazone groups is 1. The third-order valence-electron chi connectivity index (χ3n) is 5.30. The molecule has 0 aliphatic carbocycles. The molecule has 3 aromatic carbocycles. The molecule has 12 heteroatoms. The summed E-state index contributed by atoms with van der Waals surface area (Å²) in [5.41, 5.74) is 4.75. The van der Waals surface area contributed by atoms with E-state index in [4.69, 9.17) is 14.2 Å². The number of ether oxygens (including phenoxy) is 3. The molecule has 4 aromatic rings. The number of carbonyl (C=O) groups excluding carboxylic acids is 1. The second kappa shape index (κ2) is 12.5. The first kappa shape index (κ1) is 27.0. The average molecular weight is 598 g/mol. The van der Waals surface area contributed by atoms with Gasteiger partial charge in [0.05, 0.1) is 37.8 Å². The number of thioether (sulfide) groups is 1. The van der Waals surface area contributed by atoms with Gasteiger partial charge in [-0.2, -0.15) is 5.10 Å². The van der Waals surface area contributed by atoms with Gasteiger partial charge in [0.1, 0.15) is 0 Å². The van der Waals surface area contributed by atoms with Gasteiger partial charge in [0.25, 0.3) is 5.91 Å². The molecule has 0 atom stereocenters. The predicted molar refractivity (Wildman–Crippen MR) is 149 cm³/mol. The van der Waals surface area contributed by atoms with E-state index in [1.165, 1.54) is 25.1 Å².